The number of rotatable bonds is 10. The number of benzene rings is 1. The van der Waals surface area contributed by atoms with Crippen molar-refractivity contribution < 1.29 is 4.74 Å². The van der Waals surface area contributed by atoms with Crippen LogP contribution < -0.4 is 10.1 Å². The smallest absolute Gasteiger partial charge is 0.193 e. The number of aliphatic imine (C=N–C) groups is 1. The van der Waals surface area contributed by atoms with E-state index in [9.17, 15) is 0 Å². The van der Waals surface area contributed by atoms with Gasteiger partial charge in [0.05, 0.1) is 6.54 Å². The second-order valence-electron chi connectivity index (χ2n) is 7.02. The van der Waals surface area contributed by atoms with Gasteiger partial charge in [-0.2, -0.15) is 0 Å². The number of nitrogens with one attached hydrogen (secondary N) is 1. The van der Waals surface area contributed by atoms with Crippen LogP contribution in [0.1, 0.15) is 38.5 Å². The van der Waals surface area contributed by atoms with Crippen molar-refractivity contribution in [3.63, 3.8) is 0 Å². The number of nitrogens with zero attached hydrogens (tertiary/aromatic N) is 3. The molecule has 0 bridgehead atoms. The summed E-state index contributed by atoms with van der Waals surface area (Å²) in [5, 5.41) is 3.46. The number of likely N-dealkylation sites (tertiary alicyclic amines) is 1. The maximum absolute atomic E-state index is 5.76. The van der Waals surface area contributed by atoms with Gasteiger partial charge in [0.2, 0.25) is 0 Å². The van der Waals surface area contributed by atoms with E-state index in [0.29, 0.717) is 6.61 Å². The highest BCUT2D eigenvalue weighted by Gasteiger charge is 2.09. The molecule has 0 aromatic heterocycles. The van der Waals surface area contributed by atoms with E-state index in [1.54, 1.807) is 0 Å². The third-order valence-electron chi connectivity index (χ3n) is 4.89. The summed E-state index contributed by atoms with van der Waals surface area (Å²) in [7, 11) is 3.90. The Morgan fingerprint density at radius 2 is 1.88 bits per heavy atom. The fourth-order valence-corrected chi connectivity index (χ4v) is 3.33. The fraction of sp³-hybridized carbons (Fsp3) is 0.667. The highest BCUT2D eigenvalue weighted by Crippen LogP contribution is 2.10. The molecule has 0 saturated carbocycles. The van der Waals surface area contributed by atoms with Crippen molar-refractivity contribution in [3.8, 4) is 5.75 Å². The molecule has 1 saturated heterocycles. The molecular formula is C21H36N4O. The SMILES string of the molecule is CN=C(NCCCCCN1CCCCC1)N(C)CCOc1ccccc1. The lowest BCUT2D eigenvalue weighted by Crippen LogP contribution is -2.41. The summed E-state index contributed by atoms with van der Waals surface area (Å²) in [5.74, 6) is 1.86. The van der Waals surface area contributed by atoms with Crippen LogP contribution in [0.4, 0.5) is 0 Å². The highest BCUT2D eigenvalue weighted by molar-refractivity contribution is 5.79. The minimum Gasteiger partial charge on any atom is -0.492 e. The van der Waals surface area contributed by atoms with Crippen molar-refractivity contribution >= 4 is 5.96 Å². The Bertz CT molecular complexity index is 500. The van der Waals surface area contributed by atoms with E-state index in [4.69, 9.17) is 4.74 Å². The summed E-state index contributed by atoms with van der Waals surface area (Å²) >= 11 is 0. The highest BCUT2D eigenvalue weighted by atomic mass is 16.5. The number of hydrogen-bond acceptors (Lipinski definition) is 3. The first-order valence-corrected chi connectivity index (χ1v) is 10.1. The van der Waals surface area contributed by atoms with Crippen molar-refractivity contribution in [1.29, 1.82) is 0 Å². The molecule has 0 amide bonds. The lowest BCUT2D eigenvalue weighted by Gasteiger charge is -2.26. The van der Waals surface area contributed by atoms with Gasteiger partial charge in [-0.15, -0.1) is 0 Å². The predicted molar refractivity (Wildman–Crippen MR) is 110 cm³/mol. The summed E-state index contributed by atoms with van der Waals surface area (Å²) in [4.78, 5) is 9.12. The van der Waals surface area contributed by atoms with Gasteiger partial charge in [-0.1, -0.05) is 31.0 Å². The molecule has 1 aliphatic heterocycles. The summed E-state index contributed by atoms with van der Waals surface area (Å²) < 4.78 is 5.76. The minimum absolute atomic E-state index is 0.650. The Hall–Kier alpha value is -1.75. The molecule has 1 heterocycles. The average Bonchev–Trinajstić information content (AvgIpc) is 2.69. The molecule has 0 atom stereocenters. The van der Waals surface area contributed by atoms with Gasteiger partial charge >= 0.3 is 0 Å². The first kappa shape index (κ1) is 20.6. The van der Waals surface area contributed by atoms with Gasteiger partial charge in [0, 0.05) is 20.6 Å². The van der Waals surface area contributed by atoms with E-state index in [-0.39, 0.29) is 0 Å². The first-order valence-electron chi connectivity index (χ1n) is 10.1. The molecular weight excluding hydrogens is 324 g/mol. The normalized spacial score (nSPS) is 15.7. The molecule has 2 rings (SSSR count). The lowest BCUT2D eigenvalue weighted by atomic mass is 10.1. The Kier molecular flexibility index (Phi) is 9.95. The molecule has 0 unspecified atom stereocenters. The number of piperidine rings is 1. The minimum atomic E-state index is 0.650. The molecule has 5 heteroatoms. The second kappa shape index (κ2) is 12.6. The first-order chi connectivity index (χ1) is 12.8. The monoisotopic (exact) mass is 360 g/mol. The standard InChI is InChI=1S/C21H36N4O/c1-22-21(24(2)18-19-26-20-12-6-3-7-13-20)23-14-8-4-9-15-25-16-10-5-11-17-25/h3,6-7,12-13H,4-5,8-11,14-19H2,1-2H3,(H,22,23). The van der Waals surface area contributed by atoms with Crippen molar-refractivity contribution in [2.45, 2.75) is 38.5 Å². The summed E-state index contributed by atoms with van der Waals surface area (Å²) in [6.45, 7) is 6.32. The van der Waals surface area contributed by atoms with Crippen LogP contribution in [0.25, 0.3) is 0 Å². The van der Waals surface area contributed by atoms with E-state index < -0.39 is 0 Å². The largest absolute Gasteiger partial charge is 0.492 e. The van der Waals surface area contributed by atoms with Crippen LogP contribution in [0, 0.1) is 0 Å². The molecule has 1 aliphatic rings. The molecule has 1 N–H and O–H groups in total. The number of ether oxygens (including phenoxy) is 1. The summed E-state index contributed by atoms with van der Waals surface area (Å²) in [5.41, 5.74) is 0. The Balaban J connectivity index is 1.52. The molecule has 0 aliphatic carbocycles. The van der Waals surface area contributed by atoms with Gasteiger partial charge in [-0.05, 0) is 57.5 Å². The van der Waals surface area contributed by atoms with Crippen LogP contribution in [-0.2, 0) is 0 Å². The Morgan fingerprint density at radius 1 is 1.12 bits per heavy atom. The van der Waals surface area contributed by atoms with E-state index >= 15 is 0 Å². The van der Waals surface area contributed by atoms with E-state index in [1.807, 2.05) is 37.4 Å². The number of guanidine groups is 1. The topological polar surface area (TPSA) is 40.1 Å². The van der Waals surface area contributed by atoms with Crippen LogP contribution in [0.5, 0.6) is 5.75 Å². The fourth-order valence-electron chi connectivity index (χ4n) is 3.33. The van der Waals surface area contributed by atoms with Crippen molar-refractivity contribution in [2.75, 3.05) is 53.4 Å². The van der Waals surface area contributed by atoms with Crippen LogP contribution in [0.15, 0.2) is 35.3 Å². The van der Waals surface area contributed by atoms with Crippen molar-refractivity contribution in [3.05, 3.63) is 30.3 Å². The summed E-state index contributed by atoms with van der Waals surface area (Å²) in [6, 6.07) is 9.95. The zero-order valence-corrected chi connectivity index (χ0v) is 16.6. The second-order valence-corrected chi connectivity index (χ2v) is 7.02. The maximum Gasteiger partial charge on any atom is 0.193 e. The third-order valence-corrected chi connectivity index (χ3v) is 4.89. The average molecular weight is 361 g/mol. The van der Waals surface area contributed by atoms with Gasteiger partial charge in [0.15, 0.2) is 5.96 Å². The van der Waals surface area contributed by atoms with Crippen LogP contribution >= 0.6 is 0 Å². The molecule has 5 nitrogen and oxygen atoms in total. The van der Waals surface area contributed by atoms with E-state index in [1.165, 1.54) is 58.2 Å². The predicted octanol–water partition coefficient (Wildman–Crippen LogP) is 3.23. The van der Waals surface area contributed by atoms with Gasteiger partial charge in [0.1, 0.15) is 12.4 Å². The van der Waals surface area contributed by atoms with Gasteiger partial charge in [-0.25, -0.2) is 0 Å². The number of para-hydroxylation sites is 1. The molecule has 26 heavy (non-hydrogen) atoms. The van der Waals surface area contributed by atoms with Gasteiger partial charge in [0.25, 0.3) is 0 Å². The Labute approximate surface area is 159 Å². The number of hydrogen-bond donors (Lipinski definition) is 1. The number of likely N-dealkylation sites (N-methyl/N-ethyl adjacent to an activating group) is 1. The van der Waals surface area contributed by atoms with Gasteiger partial charge < -0.3 is 19.9 Å². The van der Waals surface area contributed by atoms with Crippen molar-refractivity contribution in [2.24, 2.45) is 4.99 Å². The zero-order valence-electron chi connectivity index (χ0n) is 16.6. The Morgan fingerprint density at radius 3 is 2.62 bits per heavy atom. The quantitative estimate of drug-likeness (QED) is 0.395. The summed E-state index contributed by atoms with van der Waals surface area (Å²) in [6.07, 6.45) is 7.98. The molecule has 146 valence electrons. The van der Waals surface area contributed by atoms with Crippen LogP contribution in [-0.4, -0.2) is 69.2 Å². The van der Waals surface area contributed by atoms with Crippen LogP contribution in [0.3, 0.4) is 0 Å². The lowest BCUT2D eigenvalue weighted by molar-refractivity contribution is 0.224. The maximum atomic E-state index is 5.76. The molecule has 0 radical (unpaired) electrons. The van der Waals surface area contributed by atoms with Gasteiger partial charge in [-0.3, -0.25) is 4.99 Å². The van der Waals surface area contributed by atoms with Crippen LogP contribution in [0.2, 0.25) is 0 Å². The van der Waals surface area contributed by atoms with E-state index in [2.05, 4.69) is 27.2 Å². The van der Waals surface area contributed by atoms with E-state index in [0.717, 1.165) is 24.8 Å². The molecule has 1 aromatic carbocycles. The zero-order chi connectivity index (χ0) is 18.5. The molecule has 1 fully saturated rings. The van der Waals surface area contributed by atoms with Crippen molar-refractivity contribution in [1.82, 2.24) is 15.1 Å². The molecule has 0 spiro atoms. The number of unbranched alkanes of at least 4 members (excludes halogenated alkanes) is 2. The molecule has 1 aromatic rings. The third kappa shape index (κ3) is 8.09.